The Morgan fingerprint density at radius 3 is 2.65 bits per heavy atom. The summed E-state index contributed by atoms with van der Waals surface area (Å²) in [6, 6.07) is 17.7. The van der Waals surface area contributed by atoms with E-state index < -0.39 is 5.63 Å². The molecule has 0 N–H and O–H groups in total. The zero-order valence-electron chi connectivity index (χ0n) is 14.4. The molecule has 0 aliphatic heterocycles. The highest BCUT2D eigenvalue weighted by Crippen LogP contribution is 2.29. The van der Waals surface area contributed by atoms with Crippen molar-refractivity contribution in [1.82, 2.24) is 15.0 Å². The first-order valence-electron chi connectivity index (χ1n) is 8.42. The highest BCUT2D eigenvalue weighted by molar-refractivity contribution is 6.05. The number of hydrogen-bond donors (Lipinski definition) is 0. The molecule has 0 aliphatic rings. The van der Waals surface area contributed by atoms with Gasteiger partial charge in [0.25, 0.3) is 0 Å². The predicted molar refractivity (Wildman–Crippen MR) is 102 cm³/mol. The van der Waals surface area contributed by atoms with Gasteiger partial charge in [-0.25, -0.2) is 9.48 Å². The number of rotatable bonds is 1. The molecule has 0 amide bonds. The molecule has 0 unspecified atom stereocenters. The van der Waals surface area contributed by atoms with Gasteiger partial charge in [-0.2, -0.15) is 0 Å². The maximum absolute atomic E-state index is 12.9. The van der Waals surface area contributed by atoms with Crippen LogP contribution < -0.4 is 5.63 Å². The molecule has 3 aromatic carbocycles. The fourth-order valence-electron chi connectivity index (χ4n) is 3.56. The molecule has 0 fully saturated rings. The number of hydrogen-bond acceptors (Lipinski definition) is 4. The standard InChI is InChI=1S/C21H15N3O2/c1-12-6-5-9-17-18(12)22-23-24(17)19-13(2)15-11-10-14-7-3-4-8-16(14)20(15)26-21(19)25/h3-11H,1-2H3. The van der Waals surface area contributed by atoms with Crippen molar-refractivity contribution < 1.29 is 4.42 Å². The van der Waals surface area contributed by atoms with Crippen molar-refractivity contribution in [3.63, 3.8) is 0 Å². The Balaban J connectivity index is 1.91. The maximum Gasteiger partial charge on any atom is 0.362 e. The topological polar surface area (TPSA) is 60.9 Å². The molecule has 2 heterocycles. The molecule has 0 saturated heterocycles. The van der Waals surface area contributed by atoms with E-state index in [9.17, 15) is 4.79 Å². The van der Waals surface area contributed by atoms with Crippen LogP contribution in [0.2, 0.25) is 0 Å². The van der Waals surface area contributed by atoms with E-state index in [0.29, 0.717) is 11.3 Å². The first-order valence-corrected chi connectivity index (χ1v) is 8.42. The van der Waals surface area contributed by atoms with Crippen molar-refractivity contribution in [1.29, 1.82) is 0 Å². The lowest BCUT2D eigenvalue weighted by Crippen LogP contribution is -2.14. The average Bonchev–Trinajstić information content (AvgIpc) is 3.07. The number of benzene rings is 3. The Hall–Kier alpha value is -3.47. The highest BCUT2D eigenvalue weighted by Gasteiger charge is 2.18. The minimum Gasteiger partial charge on any atom is -0.420 e. The van der Waals surface area contributed by atoms with Crippen molar-refractivity contribution >= 4 is 32.8 Å². The van der Waals surface area contributed by atoms with Crippen LogP contribution in [0.25, 0.3) is 38.5 Å². The van der Waals surface area contributed by atoms with Gasteiger partial charge in [0.15, 0.2) is 5.69 Å². The molecule has 2 aromatic heterocycles. The second kappa shape index (κ2) is 5.26. The minimum absolute atomic E-state index is 0.404. The molecule has 5 heteroatoms. The second-order valence-electron chi connectivity index (χ2n) is 6.47. The van der Waals surface area contributed by atoms with Gasteiger partial charge in [0.05, 0.1) is 5.52 Å². The number of nitrogens with zero attached hydrogens (tertiary/aromatic N) is 3. The quantitative estimate of drug-likeness (QED) is 0.337. The van der Waals surface area contributed by atoms with E-state index in [0.717, 1.165) is 38.3 Å². The number of aromatic nitrogens is 3. The Morgan fingerprint density at radius 2 is 1.77 bits per heavy atom. The Morgan fingerprint density at radius 1 is 0.923 bits per heavy atom. The lowest BCUT2D eigenvalue weighted by Gasteiger charge is -2.10. The van der Waals surface area contributed by atoms with E-state index in [-0.39, 0.29) is 0 Å². The maximum atomic E-state index is 12.9. The Labute approximate surface area is 148 Å². The predicted octanol–water partition coefficient (Wildman–Crippen LogP) is 4.30. The Kier molecular flexibility index (Phi) is 3.00. The van der Waals surface area contributed by atoms with E-state index in [1.807, 2.05) is 68.4 Å². The van der Waals surface area contributed by atoms with Gasteiger partial charge >= 0.3 is 5.63 Å². The van der Waals surface area contributed by atoms with Crippen molar-refractivity contribution in [3.8, 4) is 5.69 Å². The van der Waals surface area contributed by atoms with Gasteiger partial charge in [-0.15, -0.1) is 5.10 Å². The van der Waals surface area contributed by atoms with Gasteiger partial charge in [0.2, 0.25) is 0 Å². The van der Waals surface area contributed by atoms with E-state index in [1.54, 1.807) is 4.68 Å². The number of aryl methyl sites for hydroxylation is 2. The third-order valence-electron chi connectivity index (χ3n) is 4.92. The van der Waals surface area contributed by atoms with Gasteiger partial charge in [0.1, 0.15) is 11.1 Å². The van der Waals surface area contributed by atoms with Crippen LogP contribution in [0.1, 0.15) is 11.1 Å². The van der Waals surface area contributed by atoms with Crippen molar-refractivity contribution in [3.05, 3.63) is 76.1 Å². The van der Waals surface area contributed by atoms with Gasteiger partial charge in [0, 0.05) is 10.8 Å². The van der Waals surface area contributed by atoms with E-state index >= 15 is 0 Å². The lowest BCUT2D eigenvalue weighted by molar-refractivity contribution is 0.553. The molecule has 0 radical (unpaired) electrons. The summed E-state index contributed by atoms with van der Waals surface area (Å²) in [7, 11) is 0. The SMILES string of the molecule is Cc1c(-n2nnc3c(C)cccc32)c(=O)oc2c1ccc1ccccc12. The van der Waals surface area contributed by atoms with Crippen LogP contribution in [0, 0.1) is 13.8 Å². The summed E-state index contributed by atoms with van der Waals surface area (Å²) in [5, 5.41) is 11.3. The zero-order valence-corrected chi connectivity index (χ0v) is 14.4. The van der Waals surface area contributed by atoms with Crippen LogP contribution in [0.4, 0.5) is 0 Å². The van der Waals surface area contributed by atoms with Gasteiger partial charge in [-0.3, -0.25) is 0 Å². The summed E-state index contributed by atoms with van der Waals surface area (Å²) in [6.45, 7) is 3.90. The molecule has 0 aliphatic carbocycles. The van der Waals surface area contributed by atoms with Crippen molar-refractivity contribution in [2.24, 2.45) is 0 Å². The largest absolute Gasteiger partial charge is 0.420 e. The first kappa shape index (κ1) is 14.8. The molecule has 26 heavy (non-hydrogen) atoms. The van der Waals surface area contributed by atoms with Crippen LogP contribution in [-0.4, -0.2) is 15.0 Å². The third kappa shape index (κ3) is 1.94. The molecule has 5 nitrogen and oxygen atoms in total. The summed E-state index contributed by atoms with van der Waals surface area (Å²) < 4.78 is 7.33. The summed E-state index contributed by atoms with van der Waals surface area (Å²) in [5.41, 5.74) is 4.01. The fraction of sp³-hybridized carbons (Fsp3) is 0.0952. The van der Waals surface area contributed by atoms with Crippen LogP contribution >= 0.6 is 0 Å². The molecule has 0 atom stereocenters. The average molecular weight is 341 g/mol. The van der Waals surface area contributed by atoms with E-state index in [4.69, 9.17) is 4.42 Å². The monoisotopic (exact) mass is 341 g/mol. The summed E-state index contributed by atoms with van der Waals surface area (Å²) in [5.74, 6) is 0. The van der Waals surface area contributed by atoms with E-state index in [1.165, 1.54) is 0 Å². The molecule has 126 valence electrons. The molecule has 0 bridgehead atoms. The first-order chi connectivity index (χ1) is 12.6. The zero-order chi connectivity index (χ0) is 17.8. The van der Waals surface area contributed by atoms with Crippen LogP contribution in [0.3, 0.4) is 0 Å². The molecular formula is C21H15N3O2. The lowest BCUT2D eigenvalue weighted by atomic mass is 10.0. The summed E-state index contributed by atoms with van der Waals surface area (Å²) in [6.07, 6.45) is 0. The van der Waals surface area contributed by atoms with Crippen molar-refractivity contribution in [2.45, 2.75) is 13.8 Å². The molecular weight excluding hydrogens is 326 g/mol. The molecule has 5 rings (SSSR count). The van der Waals surface area contributed by atoms with Gasteiger partial charge in [-0.05, 0) is 36.4 Å². The van der Waals surface area contributed by atoms with Crippen molar-refractivity contribution in [2.75, 3.05) is 0 Å². The summed E-state index contributed by atoms with van der Waals surface area (Å²) in [4.78, 5) is 12.9. The van der Waals surface area contributed by atoms with Gasteiger partial charge in [-0.1, -0.05) is 53.7 Å². The second-order valence-corrected chi connectivity index (χ2v) is 6.47. The van der Waals surface area contributed by atoms with Crippen LogP contribution in [0.5, 0.6) is 0 Å². The van der Waals surface area contributed by atoms with Gasteiger partial charge < -0.3 is 4.42 Å². The molecule has 0 spiro atoms. The third-order valence-corrected chi connectivity index (χ3v) is 4.92. The minimum atomic E-state index is -0.417. The normalized spacial score (nSPS) is 11.6. The fourth-order valence-corrected chi connectivity index (χ4v) is 3.56. The summed E-state index contributed by atoms with van der Waals surface area (Å²) >= 11 is 0. The number of fused-ring (bicyclic) bond motifs is 4. The van der Waals surface area contributed by atoms with E-state index in [2.05, 4.69) is 10.3 Å². The molecule has 5 aromatic rings. The smallest absolute Gasteiger partial charge is 0.362 e. The highest BCUT2D eigenvalue weighted by atomic mass is 16.4. The molecule has 0 saturated carbocycles. The van der Waals surface area contributed by atoms with Crippen LogP contribution in [0.15, 0.2) is 63.8 Å². The Bertz CT molecular complexity index is 1380. The van der Waals surface area contributed by atoms with Crippen LogP contribution in [-0.2, 0) is 0 Å².